The van der Waals surface area contributed by atoms with Crippen LogP contribution in [0.1, 0.15) is 5.56 Å². The Kier molecular flexibility index (Phi) is 3.02. The summed E-state index contributed by atoms with van der Waals surface area (Å²) >= 11 is 0. The second-order valence-electron chi connectivity index (χ2n) is 4.74. The molecule has 0 spiro atoms. The molecule has 0 bridgehead atoms. The van der Waals surface area contributed by atoms with Gasteiger partial charge in [-0.3, -0.25) is 4.68 Å². The van der Waals surface area contributed by atoms with Crippen LogP contribution >= 0.6 is 0 Å². The number of rotatable bonds is 4. The van der Waals surface area contributed by atoms with E-state index >= 15 is 0 Å². The first-order valence-corrected chi connectivity index (χ1v) is 6.37. The van der Waals surface area contributed by atoms with Crippen molar-refractivity contribution in [2.45, 2.75) is 6.54 Å². The Morgan fingerprint density at radius 3 is 2.90 bits per heavy atom. The van der Waals surface area contributed by atoms with Crippen molar-refractivity contribution in [1.82, 2.24) is 24.1 Å². The lowest BCUT2D eigenvalue weighted by molar-refractivity contribution is 0.766. The summed E-state index contributed by atoms with van der Waals surface area (Å²) < 4.78 is 3.76. The lowest BCUT2D eigenvalue weighted by Gasteiger charge is -2.18. The van der Waals surface area contributed by atoms with Crippen molar-refractivity contribution < 1.29 is 0 Å². The van der Waals surface area contributed by atoms with E-state index in [1.807, 2.05) is 50.3 Å². The summed E-state index contributed by atoms with van der Waals surface area (Å²) in [7, 11) is 5.77. The van der Waals surface area contributed by atoms with Crippen molar-refractivity contribution >= 4 is 17.3 Å². The Balaban J connectivity index is 1.97. The minimum Gasteiger partial charge on any atom is -0.372 e. The quantitative estimate of drug-likeness (QED) is 0.771. The highest BCUT2D eigenvalue weighted by atomic mass is 15.3. The first-order chi connectivity index (χ1) is 9.67. The number of nitrogens with zero attached hydrogens (tertiary/aromatic N) is 6. The molecule has 104 valence electrons. The zero-order valence-corrected chi connectivity index (χ0v) is 11.8. The fourth-order valence-electron chi connectivity index (χ4n) is 2.19. The molecule has 0 radical (unpaired) electrons. The van der Waals surface area contributed by atoms with Crippen LogP contribution in [0.5, 0.6) is 0 Å². The third kappa shape index (κ3) is 2.18. The van der Waals surface area contributed by atoms with Crippen LogP contribution in [0.15, 0.2) is 31.0 Å². The molecule has 0 atom stereocenters. The molecule has 0 aliphatic carbocycles. The number of anilines is 2. The van der Waals surface area contributed by atoms with Crippen LogP contribution in [0.4, 0.5) is 11.6 Å². The summed E-state index contributed by atoms with van der Waals surface area (Å²) in [6.07, 6.45) is 9.48. The zero-order chi connectivity index (χ0) is 14.1. The maximum atomic E-state index is 4.60. The van der Waals surface area contributed by atoms with E-state index in [1.165, 1.54) is 0 Å². The zero-order valence-electron chi connectivity index (χ0n) is 11.8. The number of fused-ring (bicyclic) bond motifs is 1. The van der Waals surface area contributed by atoms with Crippen molar-refractivity contribution in [3.05, 3.63) is 36.5 Å². The molecule has 3 aromatic heterocycles. The van der Waals surface area contributed by atoms with E-state index in [2.05, 4.69) is 25.3 Å². The Hall–Kier alpha value is -2.57. The van der Waals surface area contributed by atoms with Gasteiger partial charge >= 0.3 is 0 Å². The molecule has 7 heteroatoms. The molecule has 0 aromatic carbocycles. The van der Waals surface area contributed by atoms with E-state index in [1.54, 1.807) is 10.9 Å². The van der Waals surface area contributed by atoms with Crippen LogP contribution in [-0.4, -0.2) is 38.2 Å². The molecule has 0 fully saturated rings. The van der Waals surface area contributed by atoms with E-state index in [0.29, 0.717) is 0 Å². The average molecular weight is 271 g/mol. The topological polar surface area (TPSA) is 63.3 Å². The summed E-state index contributed by atoms with van der Waals surface area (Å²) in [5.74, 6) is 1.65. The SMILES string of the molecule is CNc1cn2ccnc2c(N(C)Cc2cnn(C)c2)n1. The standard InChI is InChI=1S/C13H17N7/c1-14-11-9-20-5-4-15-12(20)13(17-11)18(2)7-10-6-16-19(3)8-10/h4-6,8-9,14H,7H2,1-3H3. The number of aryl methyl sites for hydroxylation is 1. The second kappa shape index (κ2) is 4.84. The minimum atomic E-state index is 0.733. The van der Waals surface area contributed by atoms with Crippen LogP contribution in [0.2, 0.25) is 0 Å². The lowest BCUT2D eigenvalue weighted by Crippen LogP contribution is -2.19. The Morgan fingerprint density at radius 1 is 1.35 bits per heavy atom. The van der Waals surface area contributed by atoms with Crippen molar-refractivity contribution in [2.24, 2.45) is 7.05 Å². The van der Waals surface area contributed by atoms with Crippen LogP contribution in [-0.2, 0) is 13.6 Å². The van der Waals surface area contributed by atoms with Gasteiger partial charge in [-0.1, -0.05) is 0 Å². The van der Waals surface area contributed by atoms with E-state index < -0.39 is 0 Å². The highest BCUT2D eigenvalue weighted by Gasteiger charge is 2.12. The van der Waals surface area contributed by atoms with Crippen LogP contribution < -0.4 is 10.2 Å². The fraction of sp³-hybridized carbons (Fsp3) is 0.308. The molecule has 20 heavy (non-hydrogen) atoms. The van der Waals surface area contributed by atoms with Gasteiger partial charge in [0.1, 0.15) is 5.82 Å². The molecule has 0 unspecified atom stereocenters. The fourth-order valence-corrected chi connectivity index (χ4v) is 2.19. The van der Waals surface area contributed by atoms with Gasteiger partial charge in [0.05, 0.1) is 12.4 Å². The Labute approximate surface area is 116 Å². The first-order valence-electron chi connectivity index (χ1n) is 6.37. The summed E-state index contributed by atoms with van der Waals surface area (Å²) in [5.41, 5.74) is 1.98. The molecule has 1 N–H and O–H groups in total. The second-order valence-corrected chi connectivity index (χ2v) is 4.74. The van der Waals surface area contributed by atoms with E-state index in [-0.39, 0.29) is 0 Å². The smallest absolute Gasteiger partial charge is 0.180 e. The molecule has 3 aromatic rings. The first kappa shape index (κ1) is 12.5. The Bertz CT molecular complexity index is 727. The van der Waals surface area contributed by atoms with Crippen LogP contribution in [0.3, 0.4) is 0 Å². The molecule has 3 heterocycles. The molecule has 0 saturated carbocycles. The number of imidazole rings is 1. The predicted molar refractivity (Wildman–Crippen MR) is 77.8 cm³/mol. The molecule has 7 nitrogen and oxygen atoms in total. The van der Waals surface area contributed by atoms with Gasteiger partial charge in [-0.15, -0.1) is 0 Å². The normalized spacial score (nSPS) is 10.9. The number of hydrogen-bond donors (Lipinski definition) is 1. The molecule has 0 saturated heterocycles. The van der Waals surface area contributed by atoms with Gasteiger partial charge in [-0.2, -0.15) is 5.10 Å². The van der Waals surface area contributed by atoms with Crippen LogP contribution in [0.25, 0.3) is 5.65 Å². The van der Waals surface area contributed by atoms with Crippen molar-refractivity contribution in [3.8, 4) is 0 Å². The molecule has 0 amide bonds. The van der Waals surface area contributed by atoms with E-state index in [4.69, 9.17) is 0 Å². The number of nitrogens with one attached hydrogen (secondary N) is 1. The van der Waals surface area contributed by atoms with Gasteiger partial charge in [0.15, 0.2) is 11.5 Å². The highest BCUT2D eigenvalue weighted by Crippen LogP contribution is 2.20. The van der Waals surface area contributed by atoms with Gasteiger partial charge in [-0.05, 0) is 0 Å². The van der Waals surface area contributed by atoms with Crippen molar-refractivity contribution in [3.63, 3.8) is 0 Å². The largest absolute Gasteiger partial charge is 0.372 e. The van der Waals surface area contributed by atoms with E-state index in [0.717, 1.165) is 29.4 Å². The van der Waals surface area contributed by atoms with Gasteiger partial charge in [0, 0.05) is 51.8 Å². The lowest BCUT2D eigenvalue weighted by atomic mass is 10.3. The summed E-state index contributed by atoms with van der Waals surface area (Å²) in [6.45, 7) is 0.733. The summed E-state index contributed by atoms with van der Waals surface area (Å²) in [6, 6.07) is 0. The Morgan fingerprint density at radius 2 is 2.20 bits per heavy atom. The maximum Gasteiger partial charge on any atom is 0.180 e. The number of hydrogen-bond acceptors (Lipinski definition) is 5. The van der Waals surface area contributed by atoms with Crippen molar-refractivity contribution in [1.29, 1.82) is 0 Å². The van der Waals surface area contributed by atoms with Crippen LogP contribution in [0, 0.1) is 0 Å². The van der Waals surface area contributed by atoms with E-state index in [9.17, 15) is 0 Å². The third-order valence-electron chi connectivity index (χ3n) is 3.15. The third-order valence-corrected chi connectivity index (χ3v) is 3.15. The maximum absolute atomic E-state index is 4.60. The predicted octanol–water partition coefficient (Wildman–Crippen LogP) is 1.14. The minimum absolute atomic E-state index is 0.733. The number of aromatic nitrogens is 5. The summed E-state index contributed by atoms with van der Waals surface area (Å²) in [4.78, 5) is 11.0. The molecule has 3 rings (SSSR count). The molecular weight excluding hydrogens is 254 g/mol. The van der Waals surface area contributed by atoms with Gasteiger partial charge < -0.3 is 14.6 Å². The summed E-state index contributed by atoms with van der Waals surface area (Å²) in [5, 5.41) is 7.26. The monoisotopic (exact) mass is 271 g/mol. The van der Waals surface area contributed by atoms with Gasteiger partial charge in [0.25, 0.3) is 0 Å². The van der Waals surface area contributed by atoms with Crippen molar-refractivity contribution in [2.75, 3.05) is 24.3 Å². The highest BCUT2D eigenvalue weighted by molar-refractivity contribution is 5.66. The van der Waals surface area contributed by atoms with Gasteiger partial charge in [0.2, 0.25) is 0 Å². The molecule has 0 aliphatic rings. The molecular formula is C13H17N7. The average Bonchev–Trinajstić information content (AvgIpc) is 3.06. The molecule has 0 aliphatic heterocycles. The van der Waals surface area contributed by atoms with Gasteiger partial charge in [-0.25, -0.2) is 9.97 Å².